The van der Waals surface area contributed by atoms with E-state index in [-0.39, 0.29) is 12.0 Å². The second kappa shape index (κ2) is 7.61. The third-order valence-corrected chi connectivity index (χ3v) is 4.81. The number of carbonyl (C=O) groups is 1. The van der Waals surface area contributed by atoms with Crippen molar-refractivity contribution in [2.24, 2.45) is 0 Å². The molecule has 0 unspecified atom stereocenters. The molecule has 6 nitrogen and oxygen atoms in total. The third-order valence-electron chi connectivity index (χ3n) is 4.81. The molecule has 0 atom stereocenters. The van der Waals surface area contributed by atoms with Crippen molar-refractivity contribution in [2.75, 3.05) is 20.2 Å². The molecule has 0 spiro atoms. The average molecular weight is 363 g/mol. The van der Waals surface area contributed by atoms with E-state index in [4.69, 9.17) is 9.47 Å². The van der Waals surface area contributed by atoms with Gasteiger partial charge >= 0.3 is 0 Å². The summed E-state index contributed by atoms with van der Waals surface area (Å²) in [5.74, 6) is 1.50. The molecule has 1 saturated heterocycles. The van der Waals surface area contributed by atoms with Crippen LogP contribution in [0.5, 0.6) is 11.5 Å². The van der Waals surface area contributed by atoms with Crippen molar-refractivity contribution in [1.29, 1.82) is 0 Å². The Kier molecular flexibility index (Phi) is 4.87. The summed E-state index contributed by atoms with van der Waals surface area (Å²) in [7, 11) is 1.64. The Hall–Kier alpha value is -3.15. The third kappa shape index (κ3) is 3.69. The molecule has 2 aromatic carbocycles. The van der Waals surface area contributed by atoms with Gasteiger partial charge in [-0.1, -0.05) is 12.1 Å². The highest BCUT2D eigenvalue weighted by Gasteiger charge is 2.25. The van der Waals surface area contributed by atoms with E-state index in [0.717, 1.165) is 35.4 Å². The lowest BCUT2D eigenvalue weighted by Crippen LogP contribution is -2.41. The van der Waals surface area contributed by atoms with Crippen LogP contribution in [-0.2, 0) is 0 Å². The molecule has 0 bridgehead atoms. The van der Waals surface area contributed by atoms with Gasteiger partial charge in [-0.05, 0) is 30.3 Å². The van der Waals surface area contributed by atoms with E-state index in [1.54, 1.807) is 19.5 Å². The first kappa shape index (κ1) is 17.3. The molecule has 1 aromatic heterocycles. The van der Waals surface area contributed by atoms with Gasteiger partial charge in [0.2, 0.25) is 0 Å². The Morgan fingerprint density at radius 1 is 1.00 bits per heavy atom. The van der Waals surface area contributed by atoms with E-state index < -0.39 is 0 Å². The summed E-state index contributed by atoms with van der Waals surface area (Å²) in [5.41, 5.74) is 2.17. The van der Waals surface area contributed by atoms with Gasteiger partial charge in [0.1, 0.15) is 6.10 Å². The second-order valence-electron chi connectivity index (χ2n) is 6.52. The van der Waals surface area contributed by atoms with E-state index in [9.17, 15) is 4.79 Å². The van der Waals surface area contributed by atoms with Crippen LogP contribution in [0.4, 0.5) is 0 Å². The average Bonchev–Trinajstić information content (AvgIpc) is 2.74. The predicted octanol–water partition coefficient (Wildman–Crippen LogP) is 3.32. The molecule has 3 aromatic rings. The number of piperidine rings is 1. The summed E-state index contributed by atoms with van der Waals surface area (Å²) in [6.07, 6.45) is 4.94. The number of aromatic nitrogens is 2. The molecular weight excluding hydrogens is 342 g/mol. The van der Waals surface area contributed by atoms with Crippen LogP contribution < -0.4 is 9.47 Å². The van der Waals surface area contributed by atoms with Gasteiger partial charge in [-0.25, -0.2) is 0 Å². The monoisotopic (exact) mass is 363 g/mol. The van der Waals surface area contributed by atoms with Crippen LogP contribution >= 0.6 is 0 Å². The topological polar surface area (TPSA) is 64.6 Å². The number of ether oxygens (including phenoxy) is 2. The lowest BCUT2D eigenvalue weighted by molar-refractivity contribution is 0.0590. The molecule has 0 saturated carbocycles. The van der Waals surface area contributed by atoms with Gasteiger partial charge in [0, 0.05) is 43.9 Å². The maximum atomic E-state index is 12.8. The largest absolute Gasteiger partial charge is 0.493 e. The lowest BCUT2D eigenvalue weighted by Gasteiger charge is -2.32. The van der Waals surface area contributed by atoms with E-state index in [1.165, 1.54) is 0 Å². The first-order valence-electron chi connectivity index (χ1n) is 9.04. The number of hydrogen-bond donors (Lipinski definition) is 0. The fourth-order valence-electron chi connectivity index (χ4n) is 3.35. The number of rotatable bonds is 4. The van der Waals surface area contributed by atoms with Gasteiger partial charge in [0.15, 0.2) is 11.5 Å². The van der Waals surface area contributed by atoms with Crippen molar-refractivity contribution in [3.8, 4) is 11.5 Å². The minimum atomic E-state index is 0.0262. The normalized spacial score (nSPS) is 14.9. The van der Waals surface area contributed by atoms with Crippen molar-refractivity contribution >= 4 is 16.9 Å². The van der Waals surface area contributed by atoms with E-state index >= 15 is 0 Å². The van der Waals surface area contributed by atoms with Crippen LogP contribution in [0, 0.1) is 0 Å². The van der Waals surface area contributed by atoms with Crippen molar-refractivity contribution in [2.45, 2.75) is 18.9 Å². The minimum absolute atomic E-state index is 0.0262. The van der Waals surface area contributed by atoms with Crippen LogP contribution in [0.15, 0.2) is 54.9 Å². The maximum absolute atomic E-state index is 12.8. The maximum Gasteiger partial charge on any atom is 0.253 e. The number of methoxy groups -OCH3 is 1. The fraction of sp³-hybridized carbons (Fsp3) is 0.286. The Morgan fingerprint density at radius 2 is 1.70 bits per heavy atom. The van der Waals surface area contributed by atoms with Gasteiger partial charge in [0.25, 0.3) is 5.91 Å². The summed E-state index contributed by atoms with van der Waals surface area (Å²) >= 11 is 0. The standard InChI is InChI=1S/C21H21N3O3/c1-26-19-4-2-3-5-20(19)27-16-8-12-24(13-9-16)21(25)15-6-7-17-18(14-15)23-11-10-22-17/h2-7,10-11,14,16H,8-9,12-13H2,1H3. The SMILES string of the molecule is COc1ccccc1OC1CCN(C(=O)c2ccc3nccnc3c2)CC1. The number of amides is 1. The van der Waals surface area contributed by atoms with Gasteiger partial charge in [-0.2, -0.15) is 0 Å². The van der Waals surface area contributed by atoms with Crippen molar-refractivity contribution in [3.63, 3.8) is 0 Å². The van der Waals surface area contributed by atoms with Crippen LogP contribution in [0.2, 0.25) is 0 Å². The number of para-hydroxylation sites is 2. The molecule has 138 valence electrons. The molecule has 2 heterocycles. The first-order valence-corrected chi connectivity index (χ1v) is 9.04. The smallest absolute Gasteiger partial charge is 0.253 e. The predicted molar refractivity (Wildman–Crippen MR) is 102 cm³/mol. The minimum Gasteiger partial charge on any atom is -0.493 e. The van der Waals surface area contributed by atoms with Crippen molar-refractivity contribution in [1.82, 2.24) is 14.9 Å². The van der Waals surface area contributed by atoms with Gasteiger partial charge in [-0.15, -0.1) is 0 Å². The molecule has 1 fully saturated rings. The van der Waals surface area contributed by atoms with Crippen molar-refractivity contribution < 1.29 is 14.3 Å². The molecule has 0 radical (unpaired) electrons. The molecule has 27 heavy (non-hydrogen) atoms. The lowest BCUT2D eigenvalue weighted by atomic mass is 10.1. The first-order chi connectivity index (χ1) is 13.2. The zero-order valence-corrected chi connectivity index (χ0v) is 15.2. The zero-order valence-electron chi connectivity index (χ0n) is 15.2. The summed E-state index contributed by atoms with van der Waals surface area (Å²) in [5, 5.41) is 0. The summed E-state index contributed by atoms with van der Waals surface area (Å²) in [6, 6.07) is 13.1. The zero-order chi connectivity index (χ0) is 18.6. The Bertz CT molecular complexity index is 952. The van der Waals surface area contributed by atoms with Gasteiger partial charge in [-0.3, -0.25) is 14.8 Å². The second-order valence-corrected chi connectivity index (χ2v) is 6.52. The van der Waals surface area contributed by atoms with E-state index in [2.05, 4.69) is 9.97 Å². The number of hydrogen-bond acceptors (Lipinski definition) is 5. The molecule has 6 heteroatoms. The summed E-state index contributed by atoms with van der Waals surface area (Å²) < 4.78 is 11.4. The molecule has 1 amide bonds. The highest BCUT2D eigenvalue weighted by molar-refractivity contribution is 5.97. The Labute approximate surface area is 157 Å². The highest BCUT2D eigenvalue weighted by Crippen LogP contribution is 2.29. The molecule has 0 N–H and O–H groups in total. The van der Waals surface area contributed by atoms with Gasteiger partial charge in [0.05, 0.1) is 18.1 Å². The molecule has 0 aliphatic carbocycles. The van der Waals surface area contributed by atoms with Crippen molar-refractivity contribution in [3.05, 3.63) is 60.4 Å². The number of nitrogens with zero attached hydrogens (tertiary/aromatic N) is 3. The van der Waals surface area contributed by atoms with Crippen LogP contribution in [-0.4, -0.2) is 47.1 Å². The highest BCUT2D eigenvalue weighted by atomic mass is 16.5. The van der Waals surface area contributed by atoms with Crippen LogP contribution in [0.25, 0.3) is 11.0 Å². The van der Waals surface area contributed by atoms with E-state index in [1.807, 2.05) is 47.4 Å². The number of benzene rings is 2. The molecule has 1 aliphatic rings. The molecule has 4 rings (SSSR count). The Balaban J connectivity index is 1.40. The summed E-state index contributed by atoms with van der Waals surface area (Å²) in [6.45, 7) is 1.33. The summed E-state index contributed by atoms with van der Waals surface area (Å²) in [4.78, 5) is 23.2. The number of likely N-dealkylation sites (tertiary alicyclic amines) is 1. The fourth-order valence-corrected chi connectivity index (χ4v) is 3.35. The molecular formula is C21H21N3O3. The van der Waals surface area contributed by atoms with Crippen LogP contribution in [0.1, 0.15) is 23.2 Å². The Morgan fingerprint density at radius 3 is 2.44 bits per heavy atom. The number of fused-ring (bicyclic) bond motifs is 1. The van der Waals surface area contributed by atoms with Crippen LogP contribution in [0.3, 0.4) is 0 Å². The quantitative estimate of drug-likeness (QED) is 0.711. The van der Waals surface area contributed by atoms with Gasteiger partial charge < -0.3 is 14.4 Å². The number of carbonyl (C=O) groups excluding carboxylic acids is 1. The van der Waals surface area contributed by atoms with E-state index in [0.29, 0.717) is 18.7 Å². The molecule has 1 aliphatic heterocycles.